The van der Waals surface area contributed by atoms with Crippen molar-refractivity contribution in [2.75, 3.05) is 19.5 Å². The number of thioether (sulfide) groups is 1. The van der Waals surface area contributed by atoms with Gasteiger partial charge in [0.15, 0.2) is 0 Å². The van der Waals surface area contributed by atoms with Crippen LogP contribution in [0.5, 0.6) is 5.75 Å². The minimum Gasteiger partial charge on any atom is -0.497 e. The van der Waals surface area contributed by atoms with Crippen LogP contribution in [0, 0.1) is 0 Å². The third-order valence-electron chi connectivity index (χ3n) is 4.22. The van der Waals surface area contributed by atoms with Crippen molar-refractivity contribution in [1.82, 2.24) is 4.90 Å². The number of ether oxygens (including phenoxy) is 2. The fourth-order valence-corrected chi connectivity index (χ4v) is 4.30. The average Bonchev–Trinajstić information content (AvgIpc) is 3.31. The van der Waals surface area contributed by atoms with Crippen molar-refractivity contribution < 1.29 is 23.5 Å². The lowest BCUT2D eigenvalue weighted by atomic mass is 10.1. The predicted molar refractivity (Wildman–Crippen MR) is 97.9 cm³/mol. The highest BCUT2D eigenvalue weighted by molar-refractivity contribution is 7.99. The highest BCUT2D eigenvalue weighted by Crippen LogP contribution is 2.41. The molecule has 3 rings (SSSR count). The maximum absolute atomic E-state index is 12.5. The van der Waals surface area contributed by atoms with E-state index in [1.165, 1.54) is 18.7 Å². The van der Waals surface area contributed by atoms with E-state index in [1.807, 2.05) is 30.3 Å². The maximum atomic E-state index is 12.5. The van der Waals surface area contributed by atoms with Gasteiger partial charge >= 0.3 is 5.97 Å². The molecule has 6 nitrogen and oxygen atoms in total. The first-order valence-electron chi connectivity index (χ1n) is 8.33. The number of nitrogens with zero attached hydrogens (tertiary/aromatic N) is 1. The van der Waals surface area contributed by atoms with Crippen LogP contribution < -0.4 is 4.74 Å². The number of hydrogen-bond acceptors (Lipinski definition) is 6. The van der Waals surface area contributed by atoms with Gasteiger partial charge in [-0.05, 0) is 29.8 Å². The number of benzene rings is 1. The number of carbonyl (C=O) groups excluding carboxylic acids is 2. The smallest absolute Gasteiger partial charge is 0.329 e. The molecule has 2 atom stereocenters. The third kappa shape index (κ3) is 4.04. The van der Waals surface area contributed by atoms with E-state index < -0.39 is 6.04 Å². The number of furan rings is 1. The Morgan fingerprint density at radius 1 is 1.27 bits per heavy atom. The summed E-state index contributed by atoms with van der Waals surface area (Å²) in [7, 11) is 1.62. The fourth-order valence-electron chi connectivity index (χ4n) is 2.88. The van der Waals surface area contributed by atoms with Gasteiger partial charge in [0.25, 0.3) is 0 Å². The molecular weight excluding hydrogens is 354 g/mol. The lowest BCUT2D eigenvalue weighted by molar-refractivity contribution is -0.153. The topological polar surface area (TPSA) is 69.0 Å². The Morgan fingerprint density at radius 2 is 2.04 bits per heavy atom. The Labute approximate surface area is 156 Å². The second kappa shape index (κ2) is 8.31. The summed E-state index contributed by atoms with van der Waals surface area (Å²) in [4.78, 5) is 26.1. The van der Waals surface area contributed by atoms with E-state index >= 15 is 0 Å². The van der Waals surface area contributed by atoms with Crippen molar-refractivity contribution in [3.05, 3.63) is 54.0 Å². The molecule has 1 aliphatic heterocycles. The van der Waals surface area contributed by atoms with Crippen LogP contribution in [0.2, 0.25) is 0 Å². The van der Waals surface area contributed by atoms with Crippen LogP contribution in [0.4, 0.5) is 0 Å². The molecular formula is C19H21NO5S. The Bertz CT molecular complexity index is 744. The summed E-state index contributed by atoms with van der Waals surface area (Å²) in [5, 5.41) is -0.290. The molecule has 0 spiro atoms. The van der Waals surface area contributed by atoms with E-state index in [4.69, 9.17) is 13.9 Å². The van der Waals surface area contributed by atoms with Gasteiger partial charge in [0.2, 0.25) is 5.91 Å². The summed E-state index contributed by atoms with van der Waals surface area (Å²) in [6.45, 7) is 1.73. The summed E-state index contributed by atoms with van der Waals surface area (Å²) in [6, 6.07) is 10.6. The molecule has 1 aromatic carbocycles. The Kier molecular flexibility index (Phi) is 5.88. The summed E-state index contributed by atoms with van der Waals surface area (Å²) in [5.74, 6) is 1.39. The van der Waals surface area contributed by atoms with E-state index in [2.05, 4.69) is 0 Å². The minimum absolute atomic E-state index is 0.173. The predicted octanol–water partition coefficient (Wildman–Crippen LogP) is 3.04. The van der Waals surface area contributed by atoms with Crippen molar-refractivity contribution >= 4 is 23.6 Å². The van der Waals surface area contributed by atoms with Gasteiger partial charge in [-0.25, -0.2) is 4.79 Å². The first-order valence-corrected chi connectivity index (χ1v) is 9.38. The van der Waals surface area contributed by atoms with Crippen molar-refractivity contribution in [2.24, 2.45) is 0 Å². The molecule has 2 heterocycles. The van der Waals surface area contributed by atoms with Crippen LogP contribution in [-0.4, -0.2) is 42.3 Å². The molecule has 1 saturated heterocycles. The summed E-state index contributed by atoms with van der Waals surface area (Å²) >= 11 is 1.50. The van der Waals surface area contributed by atoms with Gasteiger partial charge in [0, 0.05) is 19.1 Å². The number of carbonyl (C=O) groups is 2. The summed E-state index contributed by atoms with van der Waals surface area (Å²) in [5.41, 5.74) is 1.05. The zero-order valence-corrected chi connectivity index (χ0v) is 15.5. The van der Waals surface area contributed by atoms with Crippen molar-refractivity contribution in [3.8, 4) is 5.75 Å². The van der Waals surface area contributed by atoms with Crippen LogP contribution in [0.1, 0.15) is 23.6 Å². The Balaban J connectivity index is 1.57. The molecule has 26 heavy (non-hydrogen) atoms. The molecule has 0 N–H and O–H groups in total. The van der Waals surface area contributed by atoms with E-state index in [0.717, 1.165) is 11.3 Å². The number of methoxy groups -OCH3 is 1. The molecule has 1 amide bonds. The fraction of sp³-hybridized carbons (Fsp3) is 0.368. The molecule has 1 aromatic heterocycles. The zero-order chi connectivity index (χ0) is 18.5. The van der Waals surface area contributed by atoms with E-state index in [-0.39, 0.29) is 23.9 Å². The molecule has 138 valence electrons. The second-order valence-corrected chi connectivity index (χ2v) is 7.02. The SMILES string of the molecule is COc1ccc(CCOC(=O)[C@H]2CS[C@H](c3ccco3)N2C(C)=O)cc1. The number of hydrogen-bond donors (Lipinski definition) is 0. The van der Waals surface area contributed by atoms with Gasteiger partial charge < -0.3 is 18.8 Å². The summed E-state index contributed by atoms with van der Waals surface area (Å²) in [6.07, 6.45) is 2.17. The molecule has 0 bridgehead atoms. The molecule has 0 saturated carbocycles. The summed E-state index contributed by atoms with van der Waals surface area (Å²) < 4.78 is 16.0. The molecule has 7 heteroatoms. The first kappa shape index (κ1) is 18.4. The van der Waals surface area contributed by atoms with Crippen molar-refractivity contribution in [2.45, 2.75) is 24.8 Å². The number of amides is 1. The van der Waals surface area contributed by atoms with E-state index in [1.54, 1.807) is 24.3 Å². The zero-order valence-electron chi connectivity index (χ0n) is 14.7. The molecule has 2 aromatic rings. The van der Waals surface area contributed by atoms with Crippen molar-refractivity contribution in [3.63, 3.8) is 0 Å². The number of rotatable bonds is 6. The minimum atomic E-state index is -0.594. The van der Waals surface area contributed by atoms with Gasteiger partial charge in [-0.15, -0.1) is 11.8 Å². The van der Waals surface area contributed by atoms with Crippen LogP contribution in [0.25, 0.3) is 0 Å². The highest BCUT2D eigenvalue weighted by Gasteiger charge is 2.43. The van der Waals surface area contributed by atoms with Gasteiger partial charge in [-0.1, -0.05) is 12.1 Å². The molecule has 1 fully saturated rings. The van der Waals surface area contributed by atoms with Gasteiger partial charge in [0.1, 0.15) is 22.9 Å². The lowest BCUT2D eigenvalue weighted by Gasteiger charge is -2.25. The first-order chi connectivity index (χ1) is 12.6. The quantitative estimate of drug-likeness (QED) is 0.723. The van der Waals surface area contributed by atoms with Crippen LogP contribution in [-0.2, 0) is 20.7 Å². The lowest BCUT2D eigenvalue weighted by Crippen LogP contribution is -2.42. The van der Waals surface area contributed by atoms with Crippen LogP contribution in [0.3, 0.4) is 0 Å². The molecule has 0 unspecified atom stereocenters. The van der Waals surface area contributed by atoms with Crippen LogP contribution in [0.15, 0.2) is 47.1 Å². The Morgan fingerprint density at radius 3 is 2.65 bits per heavy atom. The maximum Gasteiger partial charge on any atom is 0.329 e. The Hall–Kier alpha value is -2.41. The van der Waals surface area contributed by atoms with Gasteiger partial charge in [-0.2, -0.15) is 0 Å². The molecule has 0 radical (unpaired) electrons. The standard InChI is InChI=1S/C19H21NO5S/c1-13(21)20-16(12-26-18(20)17-4-3-10-24-17)19(22)25-11-9-14-5-7-15(23-2)8-6-14/h3-8,10,16,18H,9,11-12H2,1-2H3/t16-,18-/m1/s1. The highest BCUT2D eigenvalue weighted by atomic mass is 32.2. The molecule has 0 aliphatic carbocycles. The second-order valence-electron chi connectivity index (χ2n) is 5.91. The number of esters is 1. The van der Waals surface area contributed by atoms with E-state index in [9.17, 15) is 9.59 Å². The van der Waals surface area contributed by atoms with E-state index in [0.29, 0.717) is 17.9 Å². The van der Waals surface area contributed by atoms with Crippen LogP contribution >= 0.6 is 11.8 Å². The molecule has 1 aliphatic rings. The van der Waals surface area contributed by atoms with Gasteiger partial charge in [-0.3, -0.25) is 4.79 Å². The monoisotopic (exact) mass is 375 g/mol. The van der Waals surface area contributed by atoms with Crippen molar-refractivity contribution in [1.29, 1.82) is 0 Å². The normalized spacial score (nSPS) is 19.4. The average molecular weight is 375 g/mol. The third-order valence-corrected chi connectivity index (χ3v) is 5.50. The largest absolute Gasteiger partial charge is 0.497 e. The van der Waals surface area contributed by atoms with Gasteiger partial charge in [0.05, 0.1) is 20.0 Å².